The van der Waals surface area contributed by atoms with Crippen molar-refractivity contribution in [2.45, 2.75) is 13.5 Å². The molecule has 1 amide bonds. The molecule has 0 spiro atoms. The van der Waals surface area contributed by atoms with Gasteiger partial charge in [-0.05, 0) is 42.8 Å². The number of benzene rings is 2. The van der Waals surface area contributed by atoms with Crippen LogP contribution < -0.4 is 19.1 Å². The zero-order valence-corrected chi connectivity index (χ0v) is 18.9. The molecule has 164 valence electrons. The molecule has 0 fully saturated rings. The highest BCUT2D eigenvalue weighted by Crippen LogP contribution is 2.40. The molecule has 0 bridgehead atoms. The van der Waals surface area contributed by atoms with Crippen LogP contribution in [0.1, 0.15) is 11.3 Å². The second kappa shape index (κ2) is 9.65. The fourth-order valence-electron chi connectivity index (χ4n) is 3.24. The van der Waals surface area contributed by atoms with E-state index in [1.165, 1.54) is 11.3 Å². The van der Waals surface area contributed by atoms with E-state index in [0.29, 0.717) is 27.9 Å². The van der Waals surface area contributed by atoms with Gasteiger partial charge < -0.3 is 14.2 Å². The van der Waals surface area contributed by atoms with E-state index in [1.54, 1.807) is 31.4 Å². The average Bonchev–Trinajstić information content (AvgIpc) is 3.27. The van der Waals surface area contributed by atoms with E-state index in [9.17, 15) is 4.79 Å². The molecule has 4 rings (SSSR count). The second-order valence-electron chi connectivity index (χ2n) is 7.00. The maximum Gasteiger partial charge on any atom is 0.267 e. The molecule has 0 aliphatic carbocycles. The van der Waals surface area contributed by atoms with Gasteiger partial charge in [0.2, 0.25) is 0 Å². The van der Waals surface area contributed by atoms with E-state index >= 15 is 0 Å². The molecule has 0 unspecified atom stereocenters. The molecule has 2 aromatic heterocycles. The lowest BCUT2D eigenvalue weighted by Crippen LogP contribution is -2.34. The Labute approximate surface area is 190 Å². The van der Waals surface area contributed by atoms with Gasteiger partial charge in [-0.25, -0.2) is 4.98 Å². The van der Waals surface area contributed by atoms with Crippen molar-refractivity contribution in [3.8, 4) is 17.2 Å². The highest BCUT2D eigenvalue weighted by molar-refractivity contribution is 7.22. The number of aryl methyl sites for hydroxylation is 1. The van der Waals surface area contributed by atoms with E-state index in [4.69, 9.17) is 19.2 Å². The molecular formula is C24H23N3O4S. The summed E-state index contributed by atoms with van der Waals surface area (Å²) in [6.07, 6.45) is 1.70. The molecule has 2 heterocycles. The number of hydrogen-bond donors (Lipinski definition) is 0. The van der Waals surface area contributed by atoms with Gasteiger partial charge in [-0.1, -0.05) is 35.6 Å². The SMILES string of the molecule is COc1ccc(OC)c2sc(N(Cc3ccccn3)C(=O)COc3ccccc3C)nc12. The molecule has 0 saturated heterocycles. The Bertz CT molecular complexity index is 1190. The Morgan fingerprint density at radius 1 is 0.969 bits per heavy atom. The highest BCUT2D eigenvalue weighted by atomic mass is 32.1. The maximum absolute atomic E-state index is 13.3. The standard InChI is InChI=1S/C24H23N3O4S/c1-16-8-4-5-10-18(16)31-15-21(28)27(14-17-9-6-7-13-25-17)24-26-22-19(29-2)11-12-20(30-3)23(22)32-24/h4-13H,14-15H2,1-3H3. The highest BCUT2D eigenvalue weighted by Gasteiger charge is 2.24. The number of aromatic nitrogens is 2. The third-order valence-corrected chi connectivity index (χ3v) is 6.01. The van der Waals surface area contributed by atoms with Gasteiger partial charge in [0.15, 0.2) is 11.7 Å². The molecule has 0 radical (unpaired) electrons. The second-order valence-corrected chi connectivity index (χ2v) is 7.98. The molecule has 0 saturated carbocycles. The van der Waals surface area contributed by atoms with Gasteiger partial charge in [-0.2, -0.15) is 0 Å². The van der Waals surface area contributed by atoms with Crippen LogP contribution in [0.2, 0.25) is 0 Å². The summed E-state index contributed by atoms with van der Waals surface area (Å²) in [5.74, 6) is 1.73. The van der Waals surface area contributed by atoms with E-state index in [1.807, 2.05) is 55.5 Å². The number of thiazole rings is 1. The third kappa shape index (κ3) is 4.50. The van der Waals surface area contributed by atoms with Gasteiger partial charge >= 0.3 is 0 Å². The number of hydrogen-bond acceptors (Lipinski definition) is 7. The Kier molecular flexibility index (Phi) is 6.51. The smallest absolute Gasteiger partial charge is 0.267 e. The summed E-state index contributed by atoms with van der Waals surface area (Å²) in [7, 11) is 3.20. The summed E-state index contributed by atoms with van der Waals surface area (Å²) in [6.45, 7) is 2.08. The molecule has 8 heteroatoms. The van der Waals surface area contributed by atoms with Crippen LogP contribution in [0.5, 0.6) is 17.2 Å². The number of nitrogens with zero attached hydrogens (tertiary/aromatic N) is 3. The number of carbonyl (C=O) groups is 1. The maximum atomic E-state index is 13.3. The molecule has 2 aromatic carbocycles. The zero-order chi connectivity index (χ0) is 22.5. The fraction of sp³-hybridized carbons (Fsp3) is 0.208. The lowest BCUT2D eigenvalue weighted by atomic mass is 10.2. The van der Waals surface area contributed by atoms with Crippen LogP contribution in [-0.2, 0) is 11.3 Å². The number of anilines is 1. The van der Waals surface area contributed by atoms with Crippen molar-refractivity contribution in [1.82, 2.24) is 9.97 Å². The number of fused-ring (bicyclic) bond motifs is 1. The Morgan fingerprint density at radius 3 is 2.44 bits per heavy atom. The third-order valence-electron chi connectivity index (χ3n) is 4.92. The van der Waals surface area contributed by atoms with Crippen LogP contribution in [0.4, 0.5) is 5.13 Å². The predicted molar refractivity (Wildman–Crippen MR) is 125 cm³/mol. The van der Waals surface area contributed by atoms with Gasteiger partial charge in [0.05, 0.1) is 26.5 Å². The molecular weight excluding hydrogens is 426 g/mol. The van der Waals surface area contributed by atoms with Gasteiger partial charge in [0.1, 0.15) is 27.5 Å². The first-order valence-electron chi connectivity index (χ1n) is 10.0. The lowest BCUT2D eigenvalue weighted by Gasteiger charge is -2.20. The molecule has 7 nitrogen and oxygen atoms in total. The summed E-state index contributed by atoms with van der Waals surface area (Å²) in [4.78, 5) is 24.0. The number of carbonyl (C=O) groups excluding carboxylic acids is 1. The quantitative estimate of drug-likeness (QED) is 0.391. The van der Waals surface area contributed by atoms with Crippen molar-refractivity contribution >= 4 is 32.6 Å². The van der Waals surface area contributed by atoms with Crippen LogP contribution >= 0.6 is 11.3 Å². The molecule has 0 aliphatic rings. The first-order chi connectivity index (χ1) is 15.6. The van der Waals surface area contributed by atoms with Crippen LogP contribution in [0.3, 0.4) is 0 Å². The van der Waals surface area contributed by atoms with Gasteiger partial charge in [-0.3, -0.25) is 14.7 Å². The van der Waals surface area contributed by atoms with Crippen molar-refractivity contribution in [2.75, 3.05) is 25.7 Å². The van der Waals surface area contributed by atoms with Crippen LogP contribution in [0.25, 0.3) is 10.2 Å². The Morgan fingerprint density at radius 2 is 1.72 bits per heavy atom. The Balaban J connectivity index is 1.69. The number of para-hydroxylation sites is 1. The van der Waals surface area contributed by atoms with Crippen LogP contribution in [-0.4, -0.2) is 36.7 Å². The lowest BCUT2D eigenvalue weighted by molar-refractivity contribution is -0.120. The zero-order valence-electron chi connectivity index (χ0n) is 18.1. The minimum absolute atomic E-state index is 0.123. The Hall–Kier alpha value is -3.65. The minimum Gasteiger partial charge on any atom is -0.495 e. The molecule has 0 atom stereocenters. The van der Waals surface area contributed by atoms with E-state index < -0.39 is 0 Å². The monoisotopic (exact) mass is 449 g/mol. The largest absolute Gasteiger partial charge is 0.495 e. The normalized spacial score (nSPS) is 10.7. The van der Waals surface area contributed by atoms with Crippen molar-refractivity contribution in [2.24, 2.45) is 0 Å². The van der Waals surface area contributed by atoms with Crippen molar-refractivity contribution in [3.05, 3.63) is 72.1 Å². The number of methoxy groups -OCH3 is 2. The molecule has 0 N–H and O–H groups in total. The van der Waals surface area contributed by atoms with E-state index in [2.05, 4.69) is 4.98 Å². The van der Waals surface area contributed by atoms with E-state index in [0.717, 1.165) is 16.0 Å². The summed E-state index contributed by atoms with van der Waals surface area (Å²) in [5.41, 5.74) is 2.35. The first-order valence-corrected chi connectivity index (χ1v) is 10.8. The van der Waals surface area contributed by atoms with Crippen LogP contribution in [0.15, 0.2) is 60.8 Å². The molecule has 0 aliphatic heterocycles. The average molecular weight is 450 g/mol. The fourth-order valence-corrected chi connectivity index (χ4v) is 4.33. The number of amides is 1. The van der Waals surface area contributed by atoms with Gasteiger partial charge in [-0.15, -0.1) is 0 Å². The van der Waals surface area contributed by atoms with Crippen molar-refractivity contribution < 1.29 is 19.0 Å². The van der Waals surface area contributed by atoms with Crippen molar-refractivity contribution in [1.29, 1.82) is 0 Å². The number of ether oxygens (including phenoxy) is 3. The minimum atomic E-state index is -0.226. The first kappa shape index (κ1) is 21.6. The topological polar surface area (TPSA) is 73.8 Å². The summed E-state index contributed by atoms with van der Waals surface area (Å²) >= 11 is 1.36. The van der Waals surface area contributed by atoms with Crippen molar-refractivity contribution in [3.63, 3.8) is 0 Å². The number of rotatable bonds is 8. The summed E-state index contributed by atoms with van der Waals surface area (Å²) in [6, 6.07) is 16.8. The number of pyridine rings is 1. The van der Waals surface area contributed by atoms with Crippen LogP contribution in [0, 0.1) is 6.92 Å². The van der Waals surface area contributed by atoms with Gasteiger partial charge in [0, 0.05) is 6.20 Å². The van der Waals surface area contributed by atoms with Gasteiger partial charge in [0.25, 0.3) is 5.91 Å². The predicted octanol–water partition coefficient (Wildman–Crippen LogP) is 4.63. The summed E-state index contributed by atoms with van der Waals surface area (Å²) < 4.78 is 17.6. The summed E-state index contributed by atoms with van der Waals surface area (Å²) in [5, 5.41) is 0.520. The molecule has 4 aromatic rings. The molecule has 32 heavy (non-hydrogen) atoms. The van der Waals surface area contributed by atoms with E-state index in [-0.39, 0.29) is 19.1 Å².